The van der Waals surface area contributed by atoms with E-state index < -0.39 is 0 Å². The fourth-order valence-corrected chi connectivity index (χ4v) is 3.52. The predicted octanol–water partition coefficient (Wildman–Crippen LogP) is 2.01. The molecule has 0 saturated carbocycles. The molecule has 20 heavy (non-hydrogen) atoms. The van der Waals surface area contributed by atoms with Crippen molar-refractivity contribution in [3.63, 3.8) is 0 Å². The van der Waals surface area contributed by atoms with Crippen LogP contribution in [0.4, 0.5) is 5.82 Å². The van der Waals surface area contributed by atoms with Gasteiger partial charge in [-0.05, 0) is 49.7 Å². The minimum atomic E-state index is 0.317. The number of nitrogens with two attached hydrogens (primary N) is 1. The average molecular weight is 270 g/mol. The maximum Gasteiger partial charge on any atom is 0.147 e. The lowest BCUT2D eigenvalue weighted by Gasteiger charge is -2.39. The van der Waals surface area contributed by atoms with Crippen LogP contribution >= 0.6 is 0 Å². The summed E-state index contributed by atoms with van der Waals surface area (Å²) in [6, 6.07) is 4.70. The number of fused-ring (bicyclic) bond motifs is 1. The number of pyridine rings is 1. The van der Waals surface area contributed by atoms with Crippen LogP contribution in [-0.4, -0.2) is 24.1 Å². The third kappa shape index (κ3) is 2.27. The number of aromatic nitrogens is 1. The van der Waals surface area contributed by atoms with Gasteiger partial charge in [-0.15, -0.1) is 0 Å². The van der Waals surface area contributed by atoms with Crippen molar-refractivity contribution in [3.05, 3.63) is 22.9 Å². The van der Waals surface area contributed by atoms with Crippen LogP contribution in [0.2, 0.25) is 0 Å². The molecule has 1 aromatic rings. The molecule has 3 rings (SSSR count). The van der Waals surface area contributed by atoms with Gasteiger partial charge in [-0.1, -0.05) is 6.92 Å². The van der Waals surface area contributed by atoms with Gasteiger partial charge >= 0.3 is 0 Å². The highest BCUT2D eigenvalue weighted by atomic mass is 15.2. The van der Waals surface area contributed by atoms with Crippen molar-refractivity contribution in [1.29, 1.82) is 5.26 Å². The SMILES string of the molecule is CC1CCN(c2nc3c(cc2C#N)CCC3)C(CN)C1. The van der Waals surface area contributed by atoms with E-state index in [1.807, 2.05) is 0 Å². The second-order valence-electron chi connectivity index (χ2n) is 6.14. The van der Waals surface area contributed by atoms with Crippen molar-refractivity contribution in [3.8, 4) is 6.07 Å². The molecule has 2 aliphatic rings. The molecule has 106 valence electrons. The summed E-state index contributed by atoms with van der Waals surface area (Å²) < 4.78 is 0. The molecule has 0 spiro atoms. The largest absolute Gasteiger partial charge is 0.351 e. The number of nitrogens with zero attached hydrogens (tertiary/aromatic N) is 3. The molecule has 4 heteroatoms. The van der Waals surface area contributed by atoms with Crippen LogP contribution < -0.4 is 10.6 Å². The van der Waals surface area contributed by atoms with Gasteiger partial charge < -0.3 is 10.6 Å². The van der Waals surface area contributed by atoms with E-state index in [0.717, 1.165) is 50.0 Å². The van der Waals surface area contributed by atoms with Gasteiger partial charge in [0.2, 0.25) is 0 Å². The summed E-state index contributed by atoms with van der Waals surface area (Å²) in [5.74, 6) is 1.58. The van der Waals surface area contributed by atoms with E-state index in [1.54, 1.807) is 0 Å². The van der Waals surface area contributed by atoms with Crippen LogP contribution in [0.25, 0.3) is 0 Å². The zero-order chi connectivity index (χ0) is 14.1. The Bertz CT molecular complexity index is 546. The number of aryl methyl sites for hydroxylation is 2. The summed E-state index contributed by atoms with van der Waals surface area (Å²) in [5, 5.41) is 9.44. The van der Waals surface area contributed by atoms with E-state index in [4.69, 9.17) is 10.7 Å². The minimum absolute atomic E-state index is 0.317. The van der Waals surface area contributed by atoms with E-state index in [1.165, 1.54) is 11.3 Å². The lowest BCUT2D eigenvalue weighted by atomic mass is 9.92. The fraction of sp³-hybridized carbons (Fsp3) is 0.625. The number of nitriles is 1. The second-order valence-corrected chi connectivity index (χ2v) is 6.14. The Balaban J connectivity index is 1.98. The summed E-state index contributed by atoms with van der Waals surface area (Å²) in [6.45, 7) is 3.87. The molecule has 0 aromatic carbocycles. The van der Waals surface area contributed by atoms with Gasteiger partial charge in [0.1, 0.15) is 11.9 Å². The molecule has 2 atom stereocenters. The Hall–Kier alpha value is -1.60. The van der Waals surface area contributed by atoms with Crippen molar-refractivity contribution in [2.24, 2.45) is 11.7 Å². The van der Waals surface area contributed by atoms with E-state index in [-0.39, 0.29) is 0 Å². The highest BCUT2D eigenvalue weighted by molar-refractivity contribution is 5.57. The van der Waals surface area contributed by atoms with Gasteiger partial charge in [0, 0.05) is 24.8 Å². The first kappa shape index (κ1) is 13.4. The minimum Gasteiger partial charge on any atom is -0.351 e. The highest BCUT2D eigenvalue weighted by Gasteiger charge is 2.29. The van der Waals surface area contributed by atoms with E-state index in [2.05, 4.69) is 24.0 Å². The number of anilines is 1. The molecule has 1 saturated heterocycles. The Morgan fingerprint density at radius 3 is 3.10 bits per heavy atom. The molecule has 2 N–H and O–H groups in total. The zero-order valence-electron chi connectivity index (χ0n) is 12.1. The third-order valence-corrected chi connectivity index (χ3v) is 4.67. The highest BCUT2D eigenvalue weighted by Crippen LogP contribution is 2.31. The number of hydrogen-bond acceptors (Lipinski definition) is 4. The Labute approximate surface area is 120 Å². The van der Waals surface area contributed by atoms with Crippen molar-refractivity contribution in [2.45, 2.75) is 45.1 Å². The number of piperidine rings is 1. The lowest BCUT2D eigenvalue weighted by Crippen LogP contribution is -2.47. The summed E-state index contributed by atoms with van der Waals surface area (Å²) in [7, 11) is 0. The molecule has 4 nitrogen and oxygen atoms in total. The number of hydrogen-bond donors (Lipinski definition) is 1. The Kier molecular flexibility index (Phi) is 3.62. The lowest BCUT2D eigenvalue weighted by molar-refractivity contribution is 0.364. The molecule has 1 fully saturated rings. The van der Waals surface area contributed by atoms with Crippen LogP contribution in [0.5, 0.6) is 0 Å². The van der Waals surface area contributed by atoms with Gasteiger partial charge in [0.05, 0.1) is 5.56 Å². The van der Waals surface area contributed by atoms with Crippen LogP contribution in [-0.2, 0) is 12.8 Å². The first-order chi connectivity index (χ1) is 9.72. The van der Waals surface area contributed by atoms with E-state index in [9.17, 15) is 5.26 Å². The van der Waals surface area contributed by atoms with Crippen LogP contribution in [0.15, 0.2) is 6.07 Å². The molecular weight excluding hydrogens is 248 g/mol. The third-order valence-electron chi connectivity index (χ3n) is 4.67. The summed E-state index contributed by atoms with van der Waals surface area (Å²) in [5.41, 5.74) is 9.12. The average Bonchev–Trinajstić information content (AvgIpc) is 2.92. The normalized spacial score (nSPS) is 25.4. The van der Waals surface area contributed by atoms with Crippen molar-refractivity contribution in [2.75, 3.05) is 18.0 Å². The van der Waals surface area contributed by atoms with Gasteiger partial charge in [-0.25, -0.2) is 4.98 Å². The first-order valence-corrected chi connectivity index (χ1v) is 7.62. The Morgan fingerprint density at radius 1 is 1.50 bits per heavy atom. The van der Waals surface area contributed by atoms with Crippen LogP contribution in [0, 0.1) is 17.2 Å². The maximum absolute atomic E-state index is 9.44. The monoisotopic (exact) mass is 270 g/mol. The Morgan fingerprint density at radius 2 is 2.35 bits per heavy atom. The molecule has 0 radical (unpaired) electrons. The molecule has 0 amide bonds. The summed E-state index contributed by atoms with van der Waals surface area (Å²) >= 11 is 0. The summed E-state index contributed by atoms with van der Waals surface area (Å²) in [6.07, 6.45) is 5.52. The first-order valence-electron chi connectivity index (χ1n) is 7.62. The topological polar surface area (TPSA) is 65.9 Å². The van der Waals surface area contributed by atoms with Gasteiger partial charge in [0.25, 0.3) is 0 Å². The predicted molar refractivity (Wildman–Crippen MR) is 79.6 cm³/mol. The van der Waals surface area contributed by atoms with Crippen molar-refractivity contribution >= 4 is 5.82 Å². The smallest absolute Gasteiger partial charge is 0.147 e. The van der Waals surface area contributed by atoms with Gasteiger partial charge in [-0.2, -0.15) is 5.26 Å². The van der Waals surface area contributed by atoms with Crippen molar-refractivity contribution < 1.29 is 0 Å². The van der Waals surface area contributed by atoms with Crippen LogP contribution in [0.3, 0.4) is 0 Å². The van der Waals surface area contributed by atoms with E-state index in [0.29, 0.717) is 18.5 Å². The quantitative estimate of drug-likeness (QED) is 0.892. The standard InChI is InChI=1S/C16H22N4/c1-11-5-6-20(14(7-11)10-18)16-13(9-17)8-12-3-2-4-15(12)19-16/h8,11,14H,2-7,10,18H2,1H3. The molecule has 0 bridgehead atoms. The van der Waals surface area contributed by atoms with E-state index >= 15 is 0 Å². The molecule has 1 aliphatic carbocycles. The molecular formula is C16H22N4. The van der Waals surface area contributed by atoms with Crippen molar-refractivity contribution in [1.82, 2.24) is 4.98 Å². The van der Waals surface area contributed by atoms with Gasteiger partial charge in [0.15, 0.2) is 0 Å². The summed E-state index contributed by atoms with van der Waals surface area (Å²) in [4.78, 5) is 7.09. The fourth-order valence-electron chi connectivity index (χ4n) is 3.52. The molecule has 1 aromatic heterocycles. The molecule has 2 heterocycles. The zero-order valence-corrected chi connectivity index (χ0v) is 12.1. The number of rotatable bonds is 2. The molecule has 2 unspecified atom stereocenters. The van der Waals surface area contributed by atoms with Crippen LogP contribution in [0.1, 0.15) is 43.0 Å². The molecule has 1 aliphatic heterocycles. The second kappa shape index (κ2) is 5.41. The van der Waals surface area contributed by atoms with Gasteiger partial charge in [-0.3, -0.25) is 0 Å². The maximum atomic E-state index is 9.44.